The molecule has 1 aliphatic rings. The number of nitrogen functional groups attached to an aromatic ring is 1. The summed E-state index contributed by atoms with van der Waals surface area (Å²) in [5.41, 5.74) is 13.8. The molecule has 1 aromatic carbocycles. The monoisotopic (exact) mass is 417 g/mol. The van der Waals surface area contributed by atoms with Gasteiger partial charge in [-0.2, -0.15) is 10.2 Å². The van der Waals surface area contributed by atoms with Gasteiger partial charge in [-0.15, -0.1) is 0 Å². The van der Waals surface area contributed by atoms with E-state index in [1.54, 1.807) is 12.3 Å². The number of rotatable bonds is 4. The molecule has 9 heteroatoms. The Bertz CT molecular complexity index is 1260. The zero-order valence-electron chi connectivity index (χ0n) is 16.9. The number of H-pyrrole nitrogens is 1. The first-order valence-electron chi connectivity index (χ1n) is 10.3. The number of anilines is 1. The average molecular weight is 417 g/mol. The first-order valence-corrected chi connectivity index (χ1v) is 10.3. The summed E-state index contributed by atoms with van der Waals surface area (Å²) in [7, 11) is 0. The lowest BCUT2D eigenvalue weighted by Gasteiger charge is -2.26. The van der Waals surface area contributed by atoms with E-state index in [4.69, 9.17) is 21.3 Å². The number of benzene rings is 1. The lowest BCUT2D eigenvalue weighted by Crippen LogP contribution is -2.29. The molecule has 9 nitrogen and oxygen atoms in total. The number of nitrogens with zero attached hydrogens (tertiary/aromatic N) is 4. The summed E-state index contributed by atoms with van der Waals surface area (Å²) in [4.78, 5) is 16.8. The van der Waals surface area contributed by atoms with Crippen LogP contribution < -0.4 is 21.8 Å². The van der Waals surface area contributed by atoms with Crippen LogP contribution in [-0.4, -0.2) is 31.0 Å². The minimum Gasteiger partial charge on any atom is -0.439 e. The summed E-state index contributed by atoms with van der Waals surface area (Å²) in [5, 5.41) is 11.9. The Morgan fingerprint density at radius 1 is 1.06 bits per heavy atom. The Kier molecular flexibility index (Phi) is 4.87. The highest BCUT2D eigenvalue weighted by atomic mass is 16.5. The van der Waals surface area contributed by atoms with Crippen molar-refractivity contribution in [1.29, 1.82) is 0 Å². The van der Waals surface area contributed by atoms with E-state index < -0.39 is 0 Å². The maximum absolute atomic E-state index is 12.7. The molecule has 0 spiro atoms. The zero-order valence-corrected chi connectivity index (χ0v) is 16.9. The number of hydrogen-bond acceptors (Lipinski definition) is 7. The molecule has 0 aliphatic heterocycles. The van der Waals surface area contributed by atoms with Gasteiger partial charge < -0.3 is 16.2 Å². The Hall–Kier alpha value is -3.72. The van der Waals surface area contributed by atoms with Gasteiger partial charge in [0.2, 0.25) is 5.88 Å². The van der Waals surface area contributed by atoms with Crippen molar-refractivity contribution in [2.75, 3.05) is 5.73 Å². The normalized spacial score (nSPS) is 18.9. The van der Waals surface area contributed by atoms with E-state index in [1.807, 2.05) is 41.1 Å². The maximum Gasteiger partial charge on any atom is 0.290 e. The van der Waals surface area contributed by atoms with Crippen LogP contribution in [0.1, 0.15) is 31.7 Å². The van der Waals surface area contributed by atoms with E-state index in [2.05, 4.69) is 15.2 Å². The standard InChI is InChI=1S/C22H23N7O2/c23-14-6-8-15(9-7-14)29-20-18(21(24)26-27-22(20)30)19(28-29)13-4-10-16(11-5-13)31-17-3-1-2-12-25-17/h1-5,10-12,14-15H,6-9,23H2,(H2,24,26)(H,27,30). The van der Waals surface area contributed by atoms with E-state index in [-0.39, 0.29) is 23.5 Å². The molecule has 0 atom stereocenters. The van der Waals surface area contributed by atoms with E-state index in [0.29, 0.717) is 28.2 Å². The van der Waals surface area contributed by atoms with Gasteiger partial charge >= 0.3 is 0 Å². The van der Waals surface area contributed by atoms with Gasteiger partial charge in [0, 0.05) is 23.9 Å². The lowest BCUT2D eigenvalue weighted by atomic mass is 9.92. The second kappa shape index (κ2) is 7.84. The third-order valence-corrected chi connectivity index (χ3v) is 5.73. The summed E-state index contributed by atoms with van der Waals surface area (Å²) in [6.45, 7) is 0. The summed E-state index contributed by atoms with van der Waals surface area (Å²) < 4.78 is 7.58. The van der Waals surface area contributed by atoms with Gasteiger partial charge in [-0.3, -0.25) is 9.48 Å². The molecule has 0 bridgehead atoms. The summed E-state index contributed by atoms with van der Waals surface area (Å²) in [6.07, 6.45) is 5.22. The smallest absolute Gasteiger partial charge is 0.290 e. The van der Waals surface area contributed by atoms with Crippen molar-refractivity contribution in [1.82, 2.24) is 25.0 Å². The van der Waals surface area contributed by atoms with Crippen molar-refractivity contribution in [3.05, 3.63) is 59.0 Å². The van der Waals surface area contributed by atoms with Crippen LogP contribution in [-0.2, 0) is 0 Å². The number of ether oxygens (including phenoxy) is 1. The van der Waals surface area contributed by atoms with Crippen molar-refractivity contribution in [2.24, 2.45) is 5.73 Å². The molecule has 4 aromatic rings. The molecule has 1 saturated carbocycles. The molecule has 3 aromatic heterocycles. The topological polar surface area (TPSA) is 138 Å². The first-order chi connectivity index (χ1) is 15.1. The van der Waals surface area contributed by atoms with Gasteiger partial charge in [-0.25, -0.2) is 10.1 Å². The minimum absolute atomic E-state index is 0.103. The number of nitrogens with two attached hydrogens (primary N) is 2. The fourth-order valence-electron chi connectivity index (χ4n) is 4.14. The van der Waals surface area contributed by atoms with Crippen LogP contribution in [0.2, 0.25) is 0 Å². The predicted molar refractivity (Wildman–Crippen MR) is 118 cm³/mol. The van der Waals surface area contributed by atoms with Gasteiger partial charge in [-0.1, -0.05) is 6.07 Å². The van der Waals surface area contributed by atoms with Gasteiger partial charge in [0.05, 0.1) is 11.4 Å². The maximum atomic E-state index is 12.7. The SMILES string of the molecule is Nc1n[nH]c(=O)c2c1c(-c1ccc(Oc3ccccn3)cc1)nn2C1CCC(N)CC1. The van der Waals surface area contributed by atoms with Gasteiger partial charge in [0.25, 0.3) is 5.56 Å². The molecule has 3 heterocycles. The van der Waals surface area contributed by atoms with E-state index in [9.17, 15) is 4.79 Å². The third kappa shape index (κ3) is 3.64. The highest BCUT2D eigenvalue weighted by molar-refractivity contribution is 5.99. The van der Waals surface area contributed by atoms with Gasteiger partial charge in [0.15, 0.2) is 5.82 Å². The molecule has 1 aliphatic carbocycles. The fraction of sp³-hybridized carbons (Fsp3) is 0.273. The Morgan fingerprint density at radius 3 is 2.55 bits per heavy atom. The molecule has 1 fully saturated rings. The van der Waals surface area contributed by atoms with Crippen molar-refractivity contribution in [3.8, 4) is 22.9 Å². The van der Waals surface area contributed by atoms with Crippen molar-refractivity contribution < 1.29 is 4.74 Å². The highest BCUT2D eigenvalue weighted by Crippen LogP contribution is 2.35. The summed E-state index contributed by atoms with van der Waals surface area (Å²) in [5.74, 6) is 1.41. The van der Waals surface area contributed by atoms with Crippen molar-refractivity contribution in [2.45, 2.75) is 37.8 Å². The average Bonchev–Trinajstić information content (AvgIpc) is 3.20. The highest BCUT2D eigenvalue weighted by Gasteiger charge is 2.26. The van der Waals surface area contributed by atoms with Crippen LogP contribution in [0.25, 0.3) is 22.2 Å². The van der Waals surface area contributed by atoms with Crippen molar-refractivity contribution in [3.63, 3.8) is 0 Å². The number of aromatic amines is 1. The second-order valence-electron chi connectivity index (χ2n) is 7.82. The molecule has 5 rings (SSSR count). The molecule has 0 saturated heterocycles. The zero-order chi connectivity index (χ0) is 21.4. The molecule has 0 radical (unpaired) electrons. The van der Waals surface area contributed by atoms with Crippen LogP contribution in [0, 0.1) is 0 Å². The predicted octanol–water partition coefficient (Wildman–Crippen LogP) is 3.00. The number of aromatic nitrogens is 5. The number of hydrogen-bond donors (Lipinski definition) is 3. The van der Waals surface area contributed by atoms with E-state index >= 15 is 0 Å². The molecular weight excluding hydrogens is 394 g/mol. The molecule has 31 heavy (non-hydrogen) atoms. The van der Waals surface area contributed by atoms with E-state index in [1.165, 1.54) is 0 Å². The third-order valence-electron chi connectivity index (χ3n) is 5.73. The molecule has 0 unspecified atom stereocenters. The van der Waals surface area contributed by atoms with E-state index in [0.717, 1.165) is 31.2 Å². The first kappa shape index (κ1) is 19.3. The molecule has 0 amide bonds. The Balaban J connectivity index is 1.55. The molecule has 5 N–H and O–H groups in total. The molecule has 158 valence electrons. The summed E-state index contributed by atoms with van der Waals surface area (Å²) in [6, 6.07) is 13.2. The summed E-state index contributed by atoms with van der Waals surface area (Å²) >= 11 is 0. The van der Waals surface area contributed by atoms with Crippen LogP contribution in [0.15, 0.2) is 53.5 Å². The number of nitrogens with one attached hydrogen (secondary N) is 1. The second-order valence-corrected chi connectivity index (χ2v) is 7.82. The van der Waals surface area contributed by atoms with Crippen LogP contribution in [0.3, 0.4) is 0 Å². The van der Waals surface area contributed by atoms with Crippen LogP contribution in [0.5, 0.6) is 11.6 Å². The van der Waals surface area contributed by atoms with Gasteiger partial charge in [-0.05, 0) is 56.0 Å². The quantitative estimate of drug-likeness (QED) is 0.464. The Morgan fingerprint density at radius 2 is 1.84 bits per heavy atom. The van der Waals surface area contributed by atoms with Crippen LogP contribution >= 0.6 is 0 Å². The fourth-order valence-corrected chi connectivity index (χ4v) is 4.14. The largest absolute Gasteiger partial charge is 0.439 e. The minimum atomic E-state index is -0.298. The lowest BCUT2D eigenvalue weighted by molar-refractivity contribution is 0.311. The van der Waals surface area contributed by atoms with Crippen LogP contribution in [0.4, 0.5) is 5.82 Å². The number of fused-ring (bicyclic) bond motifs is 1. The Labute approximate surface area is 178 Å². The molecular formula is C22H23N7O2. The van der Waals surface area contributed by atoms with Gasteiger partial charge in [0.1, 0.15) is 17.0 Å². The number of pyridine rings is 1. The van der Waals surface area contributed by atoms with Crippen molar-refractivity contribution >= 4 is 16.7 Å².